The maximum Gasteiger partial charge on any atom is 0.324 e. The van der Waals surface area contributed by atoms with Crippen LogP contribution in [0.2, 0.25) is 0 Å². The van der Waals surface area contributed by atoms with Crippen molar-refractivity contribution in [3.63, 3.8) is 0 Å². The second-order valence-electron chi connectivity index (χ2n) is 8.97. The second kappa shape index (κ2) is 8.92. The van der Waals surface area contributed by atoms with Crippen LogP contribution in [0.5, 0.6) is 11.5 Å². The number of ether oxygens (including phenoxy) is 2. The van der Waals surface area contributed by atoms with Crippen LogP contribution in [-0.4, -0.2) is 46.1 Å². The minimum atomic E-state index is -0.380. The zero-order valence-corrected chi connectivity index (χ0v) is 19.9. The second-order valence-corrected chi connectivity index (χ2v) is 9.85. The summed E-state index contributed by atoms with van der Waals surface area (Å²) in [5.41, 5.74) is 1.71. The number of hydrogen-bond acceptors (Lipinski definition) is 8. The Hall–Kier alpha value is -3.53. The number of carbonyl (C=O) groups excluding carboxylic acids is 2. The van der Waals surface area contributed by atoms with E-state index in [1.807, 2.05) is 42.7 Å². The highest BCUT2D eigenvalue weighted by atomic mass is 32.2. The molecule has 1 saturated heterocycles. The number of aromatic nitrogens is 2. The first-order chi connectivity index (χ1) is 17.1. The summed E-state index contributed by atoms with van der Waals surface area (Å²) in [5, 5.41) is 7.20. The fraction of sp³-hybridized carbons (Fsp3) is 0.360. The van der Waals surface area contributed by atoms with Crippen LogP contribution in [0.3, 0.4) is 0 Å². The van der Waals surface area contributed by atoms with Gasteiger partial charge < -0.3 is 19.3 Å². The van der Waals surface area contributed by atoms with E-state index in [4.69, 9.17) is 14.0 Å². The number of fused-ring (bicyclic) bond motifs is 2. The monoisotopic (exact) mass is 492 g/mol. The average Bonchev–Trinajstić information content (AvgIpc) is 3.56. The lowest BCUT2D eigenvalue weighted by Crippen LogP contribution is -2.60. The number of thioether (sulfide) groups is 1. The van der Waals surface area contributed by atoms with Crippen molar-refractivity contribution >= 4 is 23.7 Å². The fourth-order valence-electron chi connectivity index (χ4n) is 5.02. The highest BCUT2D eigenvalue weighted by Crippen LogP contribution is 2.39. The van der Waals surface area contributed by atoms with Gasteiger partial charge in [-0.15, -0.1) is 11.8 Å². The topological polar surface area (TPSA) is 107 Å². The molecule has 0 radical (unpaired) electrons. The van der Waals surface area contributed by atoms with Gasteiger partial charge in [0.1, 0.15) is 0 Å². The summed E-state index contributed by atoms with van der Waals surface area (Å²) >= 11 is 1.68. The van der Waals surface area contributed by atoms with Gasteiger partial charge in [-0.2, -0.15) is 4.98 Å². The molecule has 1 N–H and O–H groups in total. The van der Waals surface area contributed by atoms with E-state index >= 15 is 0 Å². The van der Waals surface area contributed by atoms with Gasteiger partial charge in [0.25, 0.3) is 0 Å². The Labute approximate surface area is 206 Å². The highest BCUT2D eigenvalue weighted by molar-refractivity contribution is 7.98. The average molecular weight is 493 g/mol. The van der Waals surface area contributed by atoms with Gasteiger partial charge in [-0.05, 0) is 67.5 Å². The van der Waals surface area contributed by atoms with Crippen LogP contribution < -0.4 is 14.8 Å². The van der Waals surface area contributed by atoms with Crippen molar-refractivity contribution in [1.29, 1.82) is 0 Å². The molecule has 1 aliphatic carbocycles. The molecule has 1 saturated carbocycles. The Balaban J connectivity index is 1.13. The minimum absolute atomic E-state index is 0.00326. The number of carbonyl (C=O) groups is 2. The van der Waals surface area contributed by atoms with Gasteiger partial charge in [-0.25, -0.2) is 4.79 Å². The first-order valence-corrected chi connectivity index (χ1v) is 12.8. The summed E-state index contributed by atoms with van der Waals surface area (Å²) in [6.45, 7) is 0.370. The number of benzene rings is 2. The van der Waals surface area contributed by atoms with Crippen molar-refractivity contribution in [2.45, 2.75) is 42.7 Å². The molecule has 35 heavy (non-hydrogen) atoms. The molecule has 1 aromatic heterocycles. The van der Waals surface area contributed by atoms with Gasteiger partial charge in [0, 0.05) is 22.4 Å². The third-order valence-electron chi connectivity index (χ3n) is 6.90. The Morgan fingerprint density at radius 3 is 2.74 bits per heavy atom. The number of rotatable bonds is 5. The molecule has 3 amide bonds. The smallest absolute Gasteiger partial charge is 0.324 e. The summed E-state index contributed by atoms with van der Waals surface area (Å²) in [6, 6.07) is 12.8. The van der Waals surface area contributed by atoms with Crippen molar-refractivity contribution < 1.29 is 23.6 Å². The molecule has 3 unspecified atom stereocenters. The predicted molar refractivity (Wildman–Crippen MR) is 127 cm³/mol. The molecule has 2 aliphatic heterocycles. The molecule has 3 aliphatic rings. The molecule has 3 heterocycles. The van der Waals surface area contributed by atoms with Gasteiger partial charge in [-0.1, -0.05) is 11.2 Å². The molecular weight excluding hydrogens is 468 g/mol. The van der Waals surface area contributed by atoms with E-state index in [-0.39, 0.29) is 43.2 Å². The van der Waals surface area contributed by atoms with Crippen molar-refractivity contribution in [3.05, 3.63) is 53.9 Å². The Bertz CT molecular complexity index is 1280. The van der Waals surface area contributed by atoms with Crippen LogP contribution in [0.15, 0.2) is 51.9 Å². The van der Waals surface area contributed by atoms with E-state index < -0.39 is 0 Å². The van der Waals surface area contributed by atoms with Crippen molar-refractivity contribution in [2.24, 2.45) is 5.92 Å². The minimum Gasteiger partial charge on any atom is -0.454 e. The standard InChI is InChI=1S/C25H24N4O5S/c1-35-17-6-3-15(4-7-17)22-27-23(34-28-22)16-5-8-18-19(11-16)26-25(31)29(24(18)30)12-14-2-9-20-21(10-14)33-13-32-20/h2-4,6-7,9-10,16,18-19H,5,8,11-13H2,1H3,(H,26,31). The molecule has 2 fully saturated rings. The van der Waals surface area contributed by atoms with E-state index in [1.165, 1.54) is 9.80 Å². The molecule has 2 aromatic carbocycles. The maximum atomic E-state index is 13.2. The van der Waals surface area contributed by atoms with E-state index in [0.29, 0.717) is 36.1 Å². The van der Waals surface area contributed by atoms with E-state index in [9.17, 15) is 9.59 Å². The van der Waals surface area contributed by atoms with Crippen molar-refractivity contribution in [3.8, 4) is 22.9 Å². The Morgan fingerprint density at radius 2 is 1.91 bits per heavy atom. The number of nitrogens with zero attached hydrogens (tertiary/aromatic N) is 3. The molecule has 0 bridgehead atoms. The molecular formula is C25H24N4O5S. The predicted octanol–water partition coefficient (Wildman–Crippen LogP) is 4.19. The van der Waals surface area contributed by atoms with Crippen LogP contribution in [0.25, 0.3) is 11.4 Å². The lowest BCUT2D eigenvalue weighted by molar-refractivity contribution is -0.137. The number of hydrogen-bond donors (Lipinski definition) is 1. The zero-order chi connectivity index (χ0) is 23.9. The summed E-state index contributed by atoms with van der Waals surface area (Å²) in [6.07, 6.45) is 4.01. The molecule has 9 nitrogen and oxygen atoms in total. The van der Waals surface area contributed by atoms with Crippen LogP contribution in [0, 0.1) is 5.92 Å². The largest absolute Gasteiger partial charge is 0.454 e. The lowest BCUT2D eigenvalue weighted by atomic mass is 9.76. The molecule has 3 atom stereocenters. The van der Waals surface area contributed by atoms with Gasteiger partial charge in [-0.3, -0.25) is 9.69 Å². The lowest BCUT2D eigenvalue weighted by Gasteiger charge is -2.41. The van der Waals surface area contributed by atoms with Crippen molar-refractivity contribution in [2.75, 3.05) is 13.0 Å². The van der Waals surface area contributed by atoms with Gasteiger partial charge in [0.05, 0.1) is 12.5 Å². The molecule has 10 heteroatoms. The number of amides is 3. The number of urea groups is 1. The zero-order valence-electron chi connectivity index (χ0n) is 19.1. The molecule has 3 aromatic rings. The summed E-state index contributed by atoms with van der Waals surface area (Å²) < 4.78 is 16.3. The highest BCUT2D eigenvalue weighted by Gasteiger charge is 2.45. The van der Waals surface area contributed by atoms with E-state index in [0.717, 1.165) is 17.5 Å². The molecule has 180 valence electrons. The van der Waals surface area contributed by atoms with Gasteiger partial charge >= 0.3 is 6.03 Å². The van der Waals surface area contributed by atoms with Crippen LogP contribution in [-0.2, 0) is 11.3 Å². The third-order valence-corrected chi connectivity index (χ3v) is 7.65. The summed E-state index contributed by atoms with van der Waals surface area (Å²) in [5.74, 6) is 1.99. The van der Waals surface area contributed by atoms with Crippen LogP contribution >= 0.6 is 11.8 Å². The first-order valence-electron chi connectivity index (χ1n) is 11.6. The van der Waals surface area contributed by atoms with E-state index in [2.05, 4.69) is 15.5 Å². The van der Waals surface area contributed by atoms with Gasteiger partial charge in [0.15, 0.2) is 11.5 Å². The fourth-order valence-corrected chi connectivity index (χ4v) is 5.42. The number of nitrogens with one attached hydrogen (secondary N) is 1. The van der Waals surface area contributed by atoms with Gasteiger partial charge in [0.2, 0.25) is 24.4 Å². The Morgan fingerprint density at radius 1 is 1.09 bits per heavy atom. The molecule has 6 rings (SSSR count). The SMILES string of the molecule is CSc1ccc(-c2noc(C3CCC4C(=O)N(Cc5ccc6c(c5)OCO6)C(=O)NC4C3)n2)cc1. The van der Waals surface area contributed by atoms with E-state index in [1.54, 1.807) is 17.8 Å². The van der Waals surface area contributed by atoms with Crippen LogP contribution in [0.1, 0.15) is 36.6 Å². The number of imide groups is 1. The summed E-state index contributed by atoms with van der Waals surface area (Å²) in [7, 11) is 0. The Kier molecular flexibility index (Phi) is 5.60. The molecule has 0 spiro atoms. The summed E-state index contributed by atoms with van der Waals surface area (Å²) in [4.78, 5) is 33.2. The third kappa shape index (κ3) is 4.12. The normalized spacial score (nSPS) is 23.2. The maximum absolute atomic E-state index is 13.2. The first kappa shape index (κ1) is 22.0. The quantitative estimate of drug-likeness (QED) is 0.529. The van der Waals surface area contributed by atoms with Crippen LogP contribution in [0.4, 0.5) is 4.79 Å². The van der Waals surface area contributed by atoms with Crippen molar-refractivity contribution in [1.82, 2.24) is 20.4 Å².